The molecule has 0 aliphatic heterocycles. The average Bonchev–Trinajstić information content (AvgIpc) is 2.19. The first-order chi connectivity index (χ1) is 7.47. The Morgan fingerprint density at radius 3 is 2.00 bits per heavy atom. The van der Waals surface area contributed by atoms with Crippen LogP contribution in [-0.2, 0) is 4.74 Å². The van der Waals surface area contributed by atoms with Gasteiger partial charge in [0.25, 0.3) is 0 Å². The van der Waals surface area contributed by atoms with Crippen molar-refractivity contribution in [2.75, 3.05) is 14.2 Å². The molecule has 0 radical (unpaired) electrons. The highest BCUT2D eigenvalue weighted by Gasteiger charge is 1.83. The predicted octanol–water partition coefficient (Wildman–Crippen LogP) is 2.79. The smallest absolute Gasteiger partial charge is 0.0410 e. The summed E-state index contributed by atoms with van der Waals surface area (Å²) < 4.78 is 5.29. The van der Waals surface area contributed by atoms with Crippen molar-refractivity contribution in [2.24, 2.45) is 0 Å². The Morgan fingerprint density at radius 2 is 1.81 bits per heavy atom. The number of halogens is 1. The molecule has 1 heterocycles. The molecule has 0 amide bonds. The number of pyridine rings is 1. The maximum absolute atomic E-state index is 7.89. The van der Waals surface area contributed by atoms with Gasteiger partial charge >= 0.3 is 0 Å². The van der Waals surface area contributed by atoms with E-state index >= 15 is 0 Å². The maximum Gasteiger partial charge on any atom is 0.0410 e. The van der Waals surface area contributed by atoms with Crippen LogP contribution < -0.4 is 5.48 Å². The van der Waals surface area contributed by atoms with Crippen molar-refractivity contribution in [3.8, 4) is 0 Å². The molecule has 1 aromatic heterocycles. The molecule has 0 saturated heterocycles. The third-order valence-corrected chi connectivity index (χ3v) is 1.53. The normalized spacial score (nSPS) is 8.75. The van der Waals surface area contributed by atoms with Crippen molar-refractivity contribution >= 4 is 15.9 Å². The fraction of sp³-hybridized carbons (Fsp3) is 0.545. The number of hydrogen-bond acceptors (Lipinski definition) is 4. The fourth-order valence-corrected chi connectivity index (χ4v) is 0.997. The Hall–Kier alpha value is -0.490. The van der Waals surface area contributed by atoms with Gasteiger partial charge in [-0.3, -0.25) is 4.98 Å². The molecule has 0 bridgehead atoms. The monoisotopic (exact) mass is 292 g/mol. The van der Waals surface area contributed by atoms with Crippen LogP contribution in [0.3, 0.4) is 0 Å². The number of aromatic nitrogens is 1. The van der Waals surface area contributed by atoms with Gasteiger partial charge in [0.05, 0.1) is 0 Å². The molecule has 0 spiro atoms. The molecule has 1 rings (SSSR count). The third-order valence-electron chi connectivity index (χ3n) is 1.10. The van der Waals surface area contributed by atoms with Gasteiger partial charge in [-0.2, -0.15) is 0 Å². The quantitative estimate of drug-likeness (QED) is 0.782. The number of aryl methyl sites for hydroxylation is 1. The standard InChI is InChI=1S/C6H6BrN.C3H9NO.C2H6O/c1-5-2-6(7)4-8-3-5;1-3(2)4-5;1-3-2/h2-4H,1H3;3-5H,1-2H3;1-2H3. The summed E-state index contributed by atoms with van der Waals surface area (Å²) in [6.07, 6.45) is 3.60. The van der Waals surface area contributed by atoms with E-state index in [2.05, 4.69) is 25.7 Å². The summed E-state index contributed by atoms with van der Waals surface area (Å²) in [5.41, 5.74) is 3.21. The van der Waals surface area contributed by atoms with Crippen LogP contribution in [0.4, 0.5) is 0 Å². The highest BCUT2D eigenvalue weighted by Crippen LogP contribution is 2.07. The lowest BCUT2D eigenvalue weighted by Crippen LogP contribution is -2.16. The van der Waals surface area contributed by atoms with Crippen LogP contribution in [0.1, 0.15) is 19.4 Å². The molecule has 0 aromatic carbocycles. The van der Waals surface area contributed by atoms with Crippen molar-refractivity contribution in [2.45, 2.75) is 26.8 Å². The van der Waals surface area contributed by atoms with E-state index in [1.54, 1.807) is 20.4 Å². The molecule has 0 saturated carbocycles. The highest BCUT2D eigenvalue weighted by atomic mass is 79.9. The summed E-state index contributed by atoms with van der Waals surface area (Å²) >= 11 is 3.30. The number of hydrogen-bond donors (Lipinski definition) is 2. The number of methoxy groups -OCH3 is 1. The molecular weight excluding hydrogens is 272 g/mol. The molecule has 1 aromatic rings. The van der Waals surface area contributed by atoms with Crippen LogP contribution in [0.2, 0.25) is 0 Å². The first kappa shape index (κ1) is 17.9. The van der Waals surface area contributed by atoms with Gasteiger partial charge in [-0.05, 0) is 48.3 Å². The predicted molar refractivity (Wildman–Crippen MR) is 69.7 cm³/mol. The fourth-order valence-electron chi connectivity index (χ4n) is 0.518. The molecule has 0 aliphatic carbocycles. The Kier molecular flexibility index (Phi) is 14.1. The molecule has 0 unspecified atom stereocenters. The SMILES string of the molecule is CC(C)NO.COC.Cc1cncc(Br)c1. The summed E-state index contributed by atoms with van der Waals surface area (Å²) in [5, 5.41) is 7.89. The summed E-state index contributed by atoms with van der Waals surface area (Å²) in [4.78, 5) is 3.94. The second kappa shape index (κ2) is 12.6. The van der Waals surface area contributed by atoms with E-state index in [9.17, 15) is 0 Å². The van der Waals surface area contributed by atoms with Crippen molar-refractivity contribution in [1.29, 1.82) is 0 Å². The van der Waals surface area contributed by atoms with Gasteiger partial charge in [0.1, 0.15) is 0 Å². The summed E-state index contributed by atoms with van der Waals surface area (Å²) in [6.45, 7) is 5.73. The molecule has 2 N–H and O–H groups in total. The Labute approximate surface area is 106 Å². The summed E-state index contributed by atoms with van der Waals surface area (Å²) in [6, 6.07) is 2.21. The molecule has 5 heteroatoms. The maximum atomic E-state index is 7.89. The zero-order valence-corrected chi connectivity index (χ0v) is 12.1. The number of nitrogens with zero attached hydrogens (tertiary/aromatic N) is 1. The first-order valence-electron chi connectivity index (χ1n) is 4.84. The van der Waals surface area contributed by atoms with Crippen LogP contribution in [0.5, 0.6) is 0 Å². The minimum absolute atomic E-state index is 0.190. The van der Waals surface area contributed by atoms with E-state index in [4.69, 9.17) is 5.21 Å². The number of ether oxygens (including phenoxy) is 1. The lowest BCUT2D eigenvalue weighted by molar-refractivity contribution is 0.140. The number of hydroxylamine groups is 1. The van der Waals surface area contributed by atoms with E-state index < -0.39 is 0 Å². The molecule has 4 nitrogen and oxygen atoms in total. The number of nitrogens with one attached hydrogen (secondary N) is 1. The Balaban J connectivity index is 0. The molecule has 0 fully saturated rings. The minimum Gasteiger partial charge on any atom is -0.388 e. The lowest BCUT2D eigenvalue weighted by Gasteiger charge is -1.93. The lowest BCUT2D eigenvalue weighted by atomic mass is 10.3. The summed E-state index contributed by atoms with van der Waals surface area (Å²) in [5.74, 6) is 0. The van der Waals surface area contributed by atoms with E-state index in [0.29, 0.717) is 0 Å². The molecule has 16 heavy (non-hydrogen) atoms. The zero-order chi connectivity index (χ0) is 13.0. The van der Waals surface area contributed by atoms with Crippen LogP contribution in [0, 0.1) is 6.92 Å². The second-order valence-electron chi connectivity index (χ2n) is 3.37. The minimum atomic E-state index is 0.190. The number of rotatable bonds is 1. The molecule has 0 aliphatic rings. The van der Waals surface area contributed by atoms with Crippen LogP contribution in [0.15, 0.2) is 22.9 Å². The molecular formula is C11H21BrN2O2. The molecule has 0 atom stereocenters. The summed E-state index contributed by atoms with van der Waals surface area (Å²) in [7, 11) is 3.25. The Morgan fingerprint density at radius 1 is 1.38 bits per heavy atom. The topological polar surface area (TPSA) is 54.4 Å². The van der Waals surface area contributed by atoms with Crippen molar-refractivity contribution in [3.05, 3.63) is 28.5 Å². The van der Waals surface area contributed by atoms with Gasteiger partial charge in [0.15, 0.2) is 0 Å². The van der Waals surface area contributed by atoms with Gasteiger partial charge in [-0.15, -0.1) is 0 Å². The van der Waals surface area contributed by atoms with E-state index in [0.717, 1.165) is 4.47 Å². The van der Waals surface area contributed by atoms with Crippen molar-refractivity contribution in [1.82, 2.24) is 10.5 Å². The Bertz CT molecular complexity index is 240. The zero-order valence-electron chi connectivity index (χ0n) is 10.5. The van der Waals surface area contributed by atoms with Crippen LogP contribution >= 0.6 is 15.9 Å². The van der Waals surface area contributed by atoms with Gasteiger partial charge in [-0.1, -0.05) is 0 Å². The third kappa shape index (κ3) is 16.0. The van der Waals surface area contributed by atoms with Gasteiger partial charge in [0, 0.05) is 37.1 Å². The largest absolute Gasteiger partial charge is 0.388 e. The van der Waals surface area contributed by atoms with Gasteiger partial charge in [-0.25, -0.2) is 5.48 Å². The van der Waals surface area contributed by atoms with Crippen LogP contribution in [-0.4, -0.2) is 30.5 Å². The second-order valence-corrected chi connectivity index (χ2v) is 4.29. The van der Waals surface area contributed by atoms with Crippen molar-refractivity contribution < 1.29 is 9.94 Å². The first-order valence-corrected chi connectivity index (χ1v) is 5.64. The van der Waals surface area contributed by atoms with E-state index in [1.165, 1.54) is 5.56 Å². The van der Waals surface area contributed by atoms with Gasteiger partial charge < -0.3 is 9.94 Å². The van der Waals surface area contributed by atoms with E-state index in [-0.39, 0.29) is 6.04 Å². The van der Waals surface area contributed by atoms with E-state index in [1.807, 2.05) is 38.5 Å². The average molecular weight is 293 g/mol. The molecule has 94 valence electrons. The van der Waals surface area contributed by atoms with Crippen molar-refractivity contribution in [3.63, 3.8) is 0 Å². The highest BCUT2D eigenvalue weighted by molar-refractivity contribution is 9.10. The van der Waals surface area contributed by atoms with Gasteiger partial charge in [0.2, 0.25) is 0 Å². The van der Waals surface area contributed by atoms with Crippen LogP contribution in [0.25, 0.3) is 0 Å².